The standard InChI is InChI=1S/C13H13F3N6O5S2/c1-20-12(17-18-19-20)28-4-6-5-2-3-21(29(26,27)13(14,15)16)9-7(5)22(10(9)23)8(6)11(24)25/h5,7,9H,2-4H2,1H3,(H,24,25)/t5?,7-,9+/m1/s1. The van der Waals surface area contributed by atoms with Gasteiger partial charge in [-0.15, -0.1) is 5.10 Å². The Labute approximate surface area is 165 Å². The number of aliphatic carboxylic acids is 1. The normalized spacial score (nSPS) is 27.2. The highest BCUT2D eigenvalue weighted by atomic mass is 32.2. The number of β-lactam (4-membered cyclic amide) rings is 1. The van der Waals surface area contributed by atoms with E-state index >= 15 is 0 Å². The smallest absolute Gasteiger partial charge is 0.477 e. The first kappa shape index (κ1) is 20.1. The second kappa shape index (κ2) is 6.40. The third kappa shape index (κ3) is 2.76. The van der Waals surface area contributed by atoms with Gasteiger partial charge in [0.1, 0.15) is 11.7 Å². The summed E-state index contributed by atoms with van der Waals surface area (Å²) in [5.74, 6) is -2.83. The van der Waals surface area contributed by atoms with Crippen LogP contribution in [0.1, 0.15) is 6.42 Å². The van der Waals surface area contributed by atoms with Gasteiger partial charge in [0.25, 0.3) is 0 Å². The number of hydrogen-bond acceptors (Lipinski definition) is 8. The monoisotopic (exact) mass is 454 g/mol. The van der Waals surface area contributed by atoms with Gasteiger partial charge in [0.15, 0.2) is 0 Å². The van der Waals surface area contributed by atoms with Crippen LogP contribution in [0.5, 0.6) is 0 Å². The minimum absolute atomic E-state index is 0.0377. The van der Waals surface area contributed by atoms with Gasteiger partial charge in [-0.2, -0.15) is 17.5 Å². The van der Waals surface area contributed by atoms with Crippen LogP contribution in [-0.4, -0.2) is 84.7 Å². The Morgan fingerprint density at radius 3 is 2.62 bits per heavy atom. The van der Waals surface area contributed by atoms with Crippen molar-refractivity contribution in [3.05, 3.63) is 11.3 Å². The predicted octanol–water partition coefficient (Wildman–Crippen LogP) is -0.595. The molecule has 16 heteroatoms. The van der Waals surface area contributed by atoms with Crippen molar-refractivity contribution in [3.63, 3.8) is 0 Å². The average molecular weight is 454 g/mol. The van der Waals surface area contributed by atoms with Crippen LogP contribution in [0.15, 0.2) is 16.4 Å². The molecular formula is C13H13F3N6O5S2. The highest BCUT2D eigenvalue weighted by Crippen LogP contribution is 2.51. The molecule has 0 radical (unpaired) electrons. The van der Waals surface area contributed by atoms with Gasteiger partial charge in [0.2, 0.25) is 11.1 Å². The lowest BCUT2D eigenvalue weighted by Gasteiger charge is -2.52. The molecule has 3 atom stereocenters. The third-order valence-corrected chi connectivity index (χ3v) is 7.90. The highest BCUT2D eigenvalue weighted by molar-refractivity contribution is 7.99. The number of thioether (sulfide) groups is 1. The second-order valence-corrected chi connectivity index (χ2v) is 9.48. The minimum atomic E-state index is -5.71. The number of nitrogens with zero attached hydrogens (tertiary/aromatic N) is 6. The lowest BCUT2D eigenvalue weighted by atomic mass is 9.80. The quantitative estimate of drug-likeness (QED) is 0.457. The summed E-state index contributed by atoms with van der Waals surface area (Å²) in [6.45, 7) is -0.528. The number of halogens is 3. The molecule has 4 rings (SSSR count). The molecule has 3 aliphatic rings. The first-order valence-corrected chi connectivity index (χ1v) is 10.6. The van der Waals surface area contributed by atoms with E-state index in [0.717, 1.165) is 16.7 Å². The summed E-state index contributed by atoms with van der Waals surface area (Å²) in [5.41, 5.74) is -5.50. The van der Waals surface area contributed by atoms with Crippen LogP contribution in [0, 0.1) is 5.92 Å². The number of carbonyl (C=O) groups excluding carboxylic acids is 1. The van der Waals surface area contributed by atoms with Crippen molar-refractivity contribution in [1.29, 1.82) is 0 Å². The number of aryl methyl sites for hydroxylation is 1. The van der Waals surface area contributed by atoms with Crippen molar-refractivity contribution < 1.29 is 36.3 Å². The molecule has 1 aromatic heterocycles. The zero-order valence-electron chi connectivity index (χ0n) is 14.6. The van der Waals surface area contributed by atoms with E-state index < -0.39 is 52.0 Å². The molecule has 1 N–H and O–H groups in total. The second-order valence-electron chi connectivity index (χ2n) is 6.65. The molecular weight excluding hydrogens is 441 g/mol. The van der Waals surface area contributed by atoms with Crippen LogP contribution in [-0.2, 0) is 26.7 Å². The summed E-state index contributed by atoms with van der Waals surface area (Å²) in [7, 11) is -4.13. The first-order valence-electron chi connectivity index (χ1n) is 8.19. The van der Waals surface area contributed by atoms with Gasteiger partial charge in [0.05, 0.1) is 6.04 Å². The van der Waals surface area contributed by atoms with E-state index in [1.807, 2.05) is 0 Å². The van der Waals surface area contributed by atoms with E-state index in [0.29, 0.717) is 10.7 Å². The van der Waals surface area contributed by atoms with Gasteiger partial charge in [-0.3, -0.25) is 9.69 Å². The first-order chi connectivity index (χ1) is 13.5. The molecule has 1 amide bonds. The van der Waals surface area contributed by atoms with Crippen molar-refractivity contribution in [2.75, 3.05) is 12.3 Å². The van der Waals surface area contributed by atoms with E-state index in [2.05, 4.69) is 15.5 Å². The summed E-state index contributed by atoms with van der Waals surface area (Å²) in [6.07, 6.45) is -0.0377. The number of hydrogen-bond donors (Lipinski definition) is 1. The number of carboxylic acids is 1. The van der Waals surface area contributed by atoms with Crippen LogP contribution in [0.2, 0.25) is 0 Å². The van der Waals surface area contributed by atoms with E-state index in [-0.39, 0.29) is 22.2 Å². The Morgan fingerprint density at radius 2 is 2.07 bits per heavy atom. The van der Waals surface area contributed by atoms with Crippen LogP contribution in [0.3, 0.4) is 0 Å². The summed E-state index contributed by atoms with van der Waals surface area (Å²) in [4.78, 5) is 25.2. The van der Waals surface area contributed by atoms with Crippen molar-refractivity contribution in [3.8, 4) is 0 Å². The molecule has 0 spiro atoms. The molecule has 1 unspecified atom stereocenters. The lowest BCUT2D eigenvalue weighted by Crippen LogP contribution is -2.74. The van der Waals surface area contributed by atoms with Crippen molar-refractivity contribution in [2.45, 2.75) is 29.2 Å². The fraction of sp³-hybridized carbons (Fsp3) is 0.615. The number of amides is 1. The Bertz CT molecular complexity index is 1040. The summed E-state index contributed by atoms with van der Waals surface area (Å²) < 4.78 is 64.2. The maximum Gasteiger partial charge on any atom is 0.511 e. The zero-order valence-corrected chi connectivity index (χ0v) is 16.2. The topological polar surface area (TPSA) is 139 Å². The molecule has 3 aliphatic heterocycles. The largest absolute Gasteiger partial charge is 0.511 e. The Balaban J connectivity index is 1.65. The Morgan fingerprint density at radius 1 is 1.38 bits per heavy atom. The molecule has 11 nitrogen and oxygen atoms in total. The van der Waals surface area contributed by atoms with Gasteiger partial charge < -0.3 is 5.11 Å². The number of sulfonamides is 1. The van der Waals surface area contributed by atoms with Gasteiger partial charge in [0, 0.05) is 25.3 Å². The van der Waals surface area contributed by atoms with Crippen LogP contribution in [0.4, 0.5) is 13.2 Å². The highest BCUT2D eigenvalue weighted by Gasteiger charge is 2.67. The van der Waals surface area contributed by atoms with E-state index in [4.69, 9.17) is 0 Å². The molecule has 29 heavy (non-hydrogen) atoms. The lowest BCUT2D eigenvalue weighted by molar-refractivity contribution is -0.159. The maximum absolute atomic E-state index is 13.0. The van der Waals surface area contributed by atoms with Crippen molar-refractivity contribution in [1.82, 2.24) is 29.4 Å². The SMILES string of the molecule is Cn1nnnc1SCC1=C(C(=O)O)N2C(=O)[C@@H]3[C@H]2C1CCN3S(=O)(=O)C(F)(F)F. The predicted molar refractivity (Wildman–Crippen MR) is 88.4 cm³/mol. The van der Waals surface area contributed by atoms with Gasteiger partial charge in [-0.25, -0.2) is 17.9 Å². The molecule has 158 valence electrons. The molecule has 0 aromatic carbocycles. The fourth-order valence-electron chi connectivity index (χ4n) is 4.04. The average Bonchev–Trinajstić information content (AvgIpc) is 3.17. The van der Waals surface area contributed by atoms with Crippen molar-refractivity contribution >= 4 is 33.7 Å². The molecule has 0 aliphatic carbocycles. The van der Waals surface area contributed by atoms with Gasteiger partial charge >= 0.3 is 21.5 Å². The number of tetrazole rings is 1. The third-order valence-electron chi connectivity index (χ3n) is 5.23. The number of alkyl halides is 3. The molecule has 2 saturated heterocycles. The number of aromatic nitrogens is 4. The van der Waals surface area contributed by atoms with Gasteiger partial charge in [-0.1, -0.05) is 11.8 Å². The number of piperidine rings is 1. The Hall–Kier alpha value is -2.20. The number of rotatable bonds is 5. The van der Waals surface area contributed by atoms with Gasteiger partial charge in [-0.05, 0) is 22.4 Å². The maximum atomic E-state index is 13.0. The summed E-state index contributed by atoms with van der Waals surface area (Å²) in [5, 5.41) is 20.9. The number of carbonyl (C=O) groups is 2. The van der Waals surface area contributed by atoms with Crippen LogP contribution >= 0.6 is 11.8 Å². The molecule has 0 bridgehead atoms. The van der Waals surface area contributed by atoms with Crippen LogP contribution < -0.4 is 0 Å². The summed E-state index contributed by atoms with van der Waals surface area (Å²) >= 11 is 1.12. The van der Waals surface area contributed by atoms with Crippen LogP contribution in [0.25, 0.3) is 0 Å². The fourth-order valence-corrected chi connectivity index (χ4v) is 6.12. The molecule has 4 heterocycles. The van der Waals surface area contributed by atoms with Crippen molar-refractivity contribution in [2.24, 2.45) is 13.0 Å². The summed E-state index contributed by atoms with van der Waals surface area (Å²) in [6, 6.07) is -2.53. The molecule has 2 fully saturated rings. The molecule has 0 saturated carbocycles. The number of carboxylic acid groups (broad SMARTS) is 1. The zero-order chi connectivity index (χ0) is 21.3. The minimum Gasteiger partial charge on any atom is -0.477 e. The van der Waals surface area contributed by atoms with E-state index in [9.17, 15) is 36.3 Å². The Kier molecular flexibility index (Phi) is 4.43. The molecule has 1 aromatic rings. The van der Waals surface area contributed by atoms with E-state index in [1.54, 1.807) is 7.05 Å². The van der Waals surface area contributed by atoms with E-state index in [1.165, 1.54) is 4.68 Å².